The highest BCUT2D eigenvalue weighted by Crippen LogP contribution is 2.28. The van der Waals surface area contributed by atoms with Crippen molar-refractivity contribution in [2.45, 2.75) is 45.3 Å². The Bertz CT molecular complexity index is 371. The average molecular weight is 243 g/mol. The molecule has 1 aliphatic heterocycles. The standard InChI is InChI=1S/C11H17NO5/c1-10(2,3)17-9(16)12-6-5-7(13)11(12,4)8(14)15/h5-6H2,1-4H3,(H,14,15)/t11-/m1/s1. The van der Waals surface area contributed by atoms with Crippen molar-refractivity contribution in [1.29, 1.82) is 0 Å². The Morgan fingerprint density at radius 1 is 1.41 bits per heavy atom. The van der Waals surface area contributed by atoms with Crippen molar-refractivity contribution in [3.63, 3.8) is 0 Å². The monoisotopic (exact) mass is 243 g/mol. The second-order valence-electron chi connectivity index (χ2n) is 5.18. The lowest BCUT2D eigenvalue weighted by molar-refractivity contribution is -0.152. The number of rotatable bonds is 1. The van der Waals surface area contributed by atoms with E-state index in [0.29, 0.717) is 0 Å². The first kappa shape index (κ1) is 13.5. The number of carbonyl (C=O) groups excluding carboxylic acids is 2. The van der Waals surface area contributed by atoms with E-state index in [2.05, 4.69) is 0 Å². The zero-order chi connectivity index (χ0) is 13.4. The summed E-state index contributed by atoms with van der Waals surface area (Å²) in [5.41, 5.74) is -2.52. The van der Waals surface area contributed by atoms with Crippen molar-refractivity contribution in [2.75, 3.05) is 6.54 Å². The quantitative estimate of drug-likeness (QED) is 0.695. The SMILES string of the molecule is CC(C)(C)OC(=O)N1CCC(=O)[C@]1(C)C(=O)O. The van der Waals surface area contributed by atoms with E-state index in [4.69, 9.17) is 9.84 Å². The summed E-state index contributed by atoms with van der Waals surface area (Å²) in [7, 11) is 0. The summed E-state index contributed by atoms with van der Waals surface area (Å²) in [4.78, 5) is 35.5. The van der Waals surface area contributed by atoms with Crippen LogP contribution in [-0.2, 0) is 14.3 Å². The average Bonchev–Trinajstić information content (AvgIpc) is 2.42. The van der Waals surface area contributed by atoms with Gasteiger partial charge in [0.2, 0.25) is 0 Å². The van der Waals surface area contributed by atoms with Crippen LogP contribution in [0, 0.1) is 0 Å². The van der Waals surface area contributed by atoms with Gasteiger partial charge in [0, 0.05) is 13.0 Å². The van der Waals surface area contributed by atoms with Crippen molar-refractivity contribution < 1.29 is 24.2 Å². The lowest BCUT2D eigenvalue weighted by atomic mass is 9.98. The molecule has 0 aliphatic carbocycles. The smallest absolute Gasteiger partial charge is 0.411 e. The number of nitrogens with zero attached hydrogens (tertiary/aromatic N) is 1. The van der Waals surface area contributed by atoms with Gasteiger partial charge in [-0.3, -0.25) is 9.69 Å². The molecule has 0 radical (unpaired) electrons. The van der Waals surface area contributed by atoms with Crippen molar-refractivity contribution in [3.05, 3.63) is 0 Å². The van der Waals surface area contributed by atoms with E-state index in [9.17, 15) is 14.4 Å². The van der Waals surface area contributed by atoms with Gasteiger partial charge in [0.25, 0.3) is 0 Å². The predicted octanol–water partition coefficient (Wildman–Crippen LogP) is 1.04. The van der Waals surface area contributed by atoms with E-state index in [0.717, 1.165) is 4.90 Å². The molecule has 1 amide bonds. The Balaban J connectivity index is 2.95. The number of carbonyl (C=O) groups is 3. The number of aliphatic carboxylic acids is 1. The number of Topliss-reactive ketones (excluding diaryl/α,β-unsaturated/α-hetero) is 1. The van der Waals surface area contributed by atoms with Gasteiger partial charge in [-0.05, 0) is 27.7 Å². The number of ketones is 1. The second-order valence-corrected chi connectivity index (χ2v) is 5.18. The molecule has 96 valence electrons. The number of likely N-dealkylation sites (tertiary alicyclic amines) is 1. The highest BCUT2D eigenvalue weighted by atomic mass is 16.6. The van der Waals surface area contributed by atoms with Gasteiger partial charge in [0.1, 0.15) is 5.60 Å². The fourth-order valence-electron chi connectivity index (χ4n) is 1.66. The number of amides is 1. The summed E-state index contributed by atoms with van der Waals surface area (Å²) < 4.78 is 5.09. The Morgan fingerprint density at radius 3 is 2.35 bits per heavy atom. The van der Waals surface area contributed by atoms with Crippen LogP contribution in [0.2, 0.25) is 0 Å². The molecule has 0 unspecified atom stereocenters. The van der Waals surface area contributed by atoms with Gasteiger partial charge in [-0.2, -0.15) is 0 Å². The summed E-state index contributed by atoms with van der Waals surface area (Å²) in [6, 6.07) is 0. The van der Waals surface area contributed by atoms with Crippen LogP contribution in [0.5, 0.6) is 0 Å². The number of carboxylic acid groups (broad SMARTS) is 1. The maximum absolute atomic E-state index is 11.8. The van der Waals surface area contributed by atoms with Crippen molar-refractivity contribution >= 4 is 17.8 Å². The van der Waals surface area contributed by atoms with Crippen LogP contribution in [0.25, 0.3) is 0 Å². The molecule has 0 saturated carbocycles. The van der Waals surface area contributed by atoms with Gasteiger partial charge < -0.3 is 9.84 Å². The molecule has 1 heterocycles. The van der Waals surface area contributed by atoms with E-state index in [1.54, 1.807) is 20.8 Å². The Morgan fingerprint density at radius 2 is 1.94 bits per heavy atom. The first-order valence-corrected chi connectivity index (χ1v) is 5.36. The van der Waals surface area contributed by atoms with Gasteiger partial charge in [-0.25, -0.2) is 9.59 Å². The van der Waals surface area contributed by atoms with Crippen LogP contribution < -0.4 is 0 Å². The van der Waals surface area contributed by atoms with E-state index >= 15 is 0 Å². The third-order valence-corrected chi connectivity index (χ3v) is 2.68. The lowest BCUT2D eigenvalue weighted by Crippen LogP contribution is -2.55. The summed E-state index contributed by atoms with van der Waals surface area (Å²) in [5, 5.41) is 9.09. The highest BCUT2D eigenvalue weighted by molar-refractivity contribution is 6.11. The summed E-state index contributed by atoms with van der Waals surface area (Å²) in [6.45, 7) is 6.35. The molecule has 6 heteroatoms. The first-order chi connectivity index (χ1) is 7.59. The van der Waals surface area contributed by atoms with E-state index < -0.39 is 29.0 Å². The minimum Gasteiger partial charge on any atom is -0.479 e. The van der Waals surface area contributed by atoms with Crippen molar-refractivity contribution in [3.8, 4) is 0 Å². The molecule has 1 atom stereocenters. The molecular weight excluding hydrogens is 226 g/mol. The van der Waals surface area contributed by atoms with Crippen molar-refractivity contribution in [2.24, 2.45) is 0 Å². The Labute approximate surface area is 99.5 Å². The normalized spacial score (nSPS) is 24.9. The van der Waals surface area contributed by atoms with E-state index in [1.165, 1.54) is 6.92 Å². The van der Waals surface area contributed by atoms with Crippen LogP contribution in [0.3, 0.4) is 0 Å². The molecule has 1 rings (SSSR count). The lowest BCUT2D eigenvalue weighted by Gasteiger charge is -2.31. The van der Waals surface area contributed by atoms with Gasteiger partial charge in [0.05, 0.1) is 0 Å². The number of hydrogen-bond acceptors (Lipinski definition) is 4. The second kappa shape index (κ2) is 4.01. The van der Waals surface area contributed by atoms with E-state index in [1.807, 2.05) is 0 Å². The number of carboxylic acids is 1. The molecule has 0 aromatic heterocycles. The molecule has 1 aliphatic rings. The molecule has 0 aromatic carbocycles. The first-order valence-electron chi connectivity index (χ1n) is 5.36. The summed E-state index contributed by atoms with van der Waals surface area (Å²) in [6.07, 6.45) is -0.726. The summed E-state index contributed by atoms with van der Waals surface area (Å²) in [5.74, 6) is -1.80. The van der Waals surface area contributed by atoms with Gasteiger partial charge in [0.15, 0.2) is 11.3 Å². The summed E-state index contributed by atoms with van der Waals surface area (Å²) >= 11 is 0. The molecule has 1 saturated heterocycles. The minimum atomic E-state index is -1.80. The maximum Gasteiger partial charge on any atom is 0.411 e. The number of hydrogen-bond donors (Lipinski definition) is 1. The molecule has 0 aromatic rings. The largest absolute Gasteiger partial charge is 0.479 e. The topological polar surface area (TPSA) is 83.9 Å². The molecule has 1 N–H and O–H groups in total. The molecule has 0 bridgehead atoms. The molecule has 17 heavy (non-hydrogen) atoms. The van der Waals surface area contributed by atoms with Gasteiger partial charge >= 0.3 is 12.1 Å². The van der Waals surface area contributed by atoms with Crippen LogP contribution in [0.1, 0.15) is 34.1 Å². The minimum absolute atomic E-state index is 0.0437. The van der Waals surface area contributed by atoms with E-state index in [-0.39, 0.29) is 13.0 Å². The Hall–Kier alpha value is -1.59. The van der Waals surface area contributed by atoms with Crippen LogP contribution >= 0.6 is 0 Å². The fourth-order valence-corrected chi connectivity index (χ4v) is 1.66. The Kier molecular flexibility index (Phi) is 3.18. The molecule has 0 spiro atoms. The van der Waals surface area contributed by atoms with Crippen LogP contribution in [0.4, 0.5) is 4.79 Å². The molecule has 6 nitrogen and oxygen atoms in total. The maximum atomic E-state index is 11.8. The van der Waals surface area contributed by atoms with Crippen molar-refractivity contribution in [1.82, 2.24) is 4.90 Å². The van der Waals surface area contributed by atoms with Gasteiger partial charge in [-0.15, -0.1) is 0 Å². The fraction of sp³-hybridized carbons (Fsp3) is 0.727. The van der Waals surface area contributed by atoms with Gasteiger partial charge in [-0.1, -0.05) is 0 Å². The highest BCUT2D eigenvalue weighted by Gasteiger charge is 2.54. The number of ether oxygens (including phenoxy) is 1. The zero-order valence-electron chi connectivity index (χ0n) is 10.4. The predicted molar refractivity (Wildman–Crippen MR) is 58.6 cm³/mol. The van der Waals surface area contributed by atoms with Crippen LogP contribution in [-0.4, -0.2) is 45.5 Å². The third kappa shape index (κ3) is 2.40. The van der Waals surface area contributed by atoms with Crippen LogP contribution in [0.15, 0.2) is 0 Å². The zero-order valence-corrected chi connectivity index (χ0v) is 10.4. The molecule has 1 fully saturated rings. The molecular formula is C11H17NO5. The third-order valence-electron chi connectivity index (χ3n) is 2.68.